The Kier molecular flexibility index (Phi) is 9.43. The number of non-ortho nitro benzene ring substituents is 1. The van der Waals surface area contributed by atoms with Crippen LogP contribution in [0.2, 0.25) is 0 Å². The lowest BCUT2D eigenvalue weighted by molar-refractivity contribution is -0.384. The van der Waals surface area contributed by atoms with Crippen LogP contribution in [0.5, 0.6) is 17.2 Å². The van der Waals surface area contributed by atoms with E-state index in [0.29, 0.717) is 44.4 Å². The van der Waals surface area contributed by atoms with Crippen LogP contribution in [0.4, 0.5) is 5.69 Å². The van der Waals surface area contributed by atoms with Gasteiger partial charge in [-0.15, -0.1) is 0 Å². The third-order valence-electron chi connectivity index (χ3n) is 7.03. The summed E-state index contributed by atoms with van der Waals surface area (Å²) in [4.78, 5) is 42.8. The van der Waals surface area contributed by atoms with Crippen LogP contribution >= 0.6 is 11.3 Å². The van der Waals surface area contributed by atoms with Crippen LogP contribution < -0.4 is 29.1 Å². The SMILES string of the molecule is CCOC(=O)C1=C(C)N=c2s/c(=C\c3cccc(OCc4ccc([N+](=O)[O-])cc4)c3)c(=O)n2[C@@H]1c1ccc(OC)c(OCC)c1. The molecule has 0 saturated heterocycles. The number of hydrogen-bond donors (Lipinski definition) is 0. The lowest BCUT2D eigenvalue weighted by atomic mass is 9.95. The molecule has 45 heavy (non-hydrogen) atoms. The van der Waals surface area contributed by atoms with E-state index in [0.717, 1.165) is 11.1 Å². The molecule has 0 N–H and O–H groups in total. The molecule has 2 heterocycles. The molecule has 0 spiro atoms. The monoisotopic (exact) mass is 629 g/mol. The fourth-order valence-corrected chi connectivity index (χ4v) is 6.01. The van der Waals surface area contributed by atoms with Gasteiger partial charge in [-0.2, -0.15) is 0 Å². The van der Waals surface area contributed by atoms with Crippen molar-refractivity contribution in [1.29, 1.82) is 0 Å². The maximum Gasteiger partial charge on any atom is 0.338 e. The molecule has 4 aromatic rings. The summed E-state index contributed by atoms with van der Waals surface area (Å²) in [6.45, 7) is 6.10. The Morgan fingerprint density at radius 2 is 1.82 bits per heavy atom. The smallest absolute Gasteiger partial charge is 0.338 e. The molecule has 0 bridgehead atoms. The van der Waals surface area contributed by atoms with Crippen molar-refractivity contribution in [2.24, 2.45) is 4.99 Å². The summed E-state index contributed by atoms with van der Waals surface area (Å²) in [6.07, 6.45) is 1.75. The number of aromatic nitrogens is 1. The number of methoxy groups -OCH3 is 1. The van der Waals surface area contributed by atoms with E-state index in [2.05, 4.69) is 4.99 Å². The van der Waals surface area contributed by atoms with Gasteiger partial charge >= 0.3 is 5.97 Å². The van der Waals surface area contributed by atoms with Gasteiger partial charge in [0, 0.05) is 12.1 Å². The molecular weight excluding hydrogens is 598 g/mol. The van der Waals surface area contributed by atoms with Gasteiger partial charge in [-0.3, -0.25) is 19.5 Å². The van der Waals surface area contributed by atoms with Crippen LogP contribution in [0.15, 0.2) is 87.8 Å². The Hall–Kier alpha value is -5.23. The van der Waals surface area contributed by atoms with E-state index in [9.17, 15) is 19.7 Å². The lowest BCUT2D eigenvalue weighted by Gasteiger charge is -2.25. The topological polar surface area (TPSA) is 131 Å². The van der Waals surface area contributed by atoms with Gasteiger partial charge in [0.1, 0.15) is 12.4 Å². The number of allylic oxidation sites excluding steroid dienone is 1. The Morgan fingerprint density at radius 1 is 1.04 bits per heavy atom. The summed E-state index contributed by atoms with van der Waals surface area (Å²) in [7, 11) is 1.55. The van der Waals surface area contributed by atoms with E-state index in [1.807, 2.05) is 19.1 Å². The van der Waals surface area contributed by atoms with Crippen molar-refractivity contribution < 1.29 is 28.7 Å². The highest BCUT2D eigenvalue weighted by Crippen LogP contribution is 2.36. The van der Waals surface area contributed by atoms with Gasteiger partial charge in [-0.1, -0.05) is 29.5 Å². The molecule has 232 valence electrons. The van der Waals surface area contributed by atoms with E-state index < -0.39 is 16.9 Å². The van der Waals surface area contributed by atoms with Gasteiger partial charge in [0.05, 0.1) is 47.1 Å². The molecule has 0 saturated carbocycles. The molecule has 0 fully saturated rings. The van der Waals surface area contributed by atoms with Gasteiger partial charge in [0.15, 0.2) is 16.3 Å². The highest BCUT2D eigenvalue weighted by Gasteiger charge is 2.34. The number of nitro benzene ring substituents is 1. The van der Waals surface area contributed by atoms with E-state index >= 15 is 0 Å². The Bertz CT molecular complexity index is 1960. The van der Waals surface area contributed by atoms with Gasteiger partial charge < -0.3 is 18.9 Å². The predicted octanol–water partition coefficient (Wildman–Crippen LogP) is 4.69. The van der Waals surface area contributed by atoms with Crippen LogP contribution in [0.3, 0.4) is 0 Å². The third kappa shape index (κ3) is 6.65. The zero-order valence-electron chi connectivity index (χ0n) is 25.1. The first-order valence-electron chi connectivity index (χ1n) is 14.2. The average molecular weight is 630 g/mol. The first-order valence-corrected chi connectivity index (χ1v) is 15.0. The standard InChI is InChI=1S/C33H31N3O8S/c1-5-42-27-18-23(12-15-26(27)41-4)30-29(32(38)43-6-2)20(3)34-33-35(30)31(37)28(45-33)17-22-8-7-9-25(16-22)44-19-21-10-13-24(14-11-21)36(39)40/h7-18,30H,5-6,19H2,1-4H3/b28-17-/t30-/m1/s1. The fraction of sp³-hybridized carbons (Fsp3) is 0.242. The molecule has 0 unspecified atom stereocenters. The average Bonchev–Trinajstić information content (AvgIpc) is 3.33. The summed E-state index contributed by atoms with van der Waals surface area (Å²) in [5, 5.41) is 10.9. The maximum absolute atomic E-state index is 14.0. The van der Waals surface area contributed by atoms with Crippen LogP contribution in [-0.4, -0.2) is 35.8 Å². The Balaban J connectivity index is 1.53. The molecule has 1 aliphatic heterocycles. The number of carbonyl (C=O) groups excluding carboxylic acids is 1. The fourth-order valence-electron chi connectivity index (χ4n) is 4.96. The first kappa shape index (κ1) is 31.2. The van der Waals surface area contributed by atoms with Gasteiger partial charge in [0.25, 0.3) is 11.2 Å². The Labute approximate surface area is 262 Å². The second-order valence-electron chi connectivity index (χ2n) is 9.93. The van der Waals surface area contributed by atoms with Crippen molar-refractivity contribution in [1.82, 2.24) is 4.57 Å². The summed E-state index contributed by atoms with van der Waals surface area (Å²) in [6, 6.07) is 17.9. The molecule has 1 aliphatic rings. The largest absolute Gasteiger partial charge is 0.493 e. The lowest BCUT2D eigenvalue weighted by Crippen LogP contribution is -2.40. The molecule has 0 amide bonds. The number of carbonyl (C=O) groups is 1. The number of ether oxygens (including phenoxy) is 4. The van der Waals surface area contributed by atoms with Gasteiger partial charge in [-0.25, -0.2) is 9.79 Å². The minimum atomic E-state index is -0.802. The molecular formula is C33H31N3O8S. The highest BCUT2D eigenvalue weighted by molar-refractivity contribution is 7.07. The van der Waals surface area contributed by atoms with Crippen LogP contribution in [0.1, 0.15) is 43.5 Å². The predicted molar refractivity (Wildman–Crippen MR) is 168 cm³/mol. The minimum Gasteiger partial charge on any atom is -0.493 e. The molecule has 11 nitrogen and oxygen atoms in total. The zero-order valence-corrected chi connectivity index (χ0v) is 26.0. The minimum absolute atomic E-state index is 0.00995. The molecule has 5 rings (SSSR count). The number of benzene rings is 3. The van der Waals surface area contributed by atoms with Gasteiger partial charge in [0.2, 0.25) is 0 Å². The third-order valence-corrected chi connectivity index (χ3v) is 8.01. The number of thiazole rings is 1. The summed E-state index contributed by atoms with van der Waals surface area (Å²) in [5.74, 6) is 1.03. The number of esters is 1. The molecule has 0 aliphatic carbocycles. The second-order valence-corrected chi connectivity index (χ2v) is 10.9. The van der Waals surface area contributed by atoms with E-state index in [-0.39, 0.29) is 30.0 Å². The quantitative estimate of drug-likeness (QED) is 0.133. The molecule has 1 aromatic heterocycles. The summed E-state index contributed by atoms with van der Waals surface area (Å²) >= 11 is 1.22. The van der Waals surface area contributed by atoms with Crippen molar-refractivity contribution in [3.8, 4) is 17.2 Å². The normalized spacial score (nSPS) is 14.4. The van der Waals surface area contributed by atoms with Crippen molar-refractivity contribution in [3.63, 3.8) is 0 Å². The van der Waals surface area contributed by atoms with Crippen molar-refractivity contribution in [3.05, 3.63) is 124 Å². The number of nitrogens with zero attached hydrogens (tertiary/aromatic N) is 3. The summed E-state index contributed by atoms with van der Waals surface area (Å²) in [5.41, 5.74) is 2.57. The number of rotatable bonds is 11. The molecule has 0 radical (unpaired) electrons. The molecule has 3 aromatic carbocycles. The van der Waals surface area contributed by atoms with Gasteiger partial charge in [-0.05, 0) is 79.9 Å². The van der Waals surface area contributed by atoms with Crippen LogP contribution in [0.25, 0.3) is 6.08 Å². The number of nitro groups is 1. The van der Waals surface area contributed by atoms with E-state index in [4.69, 9.17) is 18.9 Å². The van der Waals surface area contributed by atoms with Crippen LogP contribution in [0, 0.1) is 10.1 Å². The highest BCUT2D eigenvalue weighted by atomic mass is 32.1. The Morgan fingerprint density at radius 3 is 2.51 bits per heavy atom. The van der Waals surface area contributed by atoms with Crippen molar-refractivity contribution >= 4 is 29.1 Å². The van der Waals surface area contributed by atoms with Crippen LogP contribution in [-0.2, 0) is 16.1 Å². The molecule has 1 atom stereocenters. The van der Waals surface area contributed by atoms with Crippen molar-refractivity contribution in [2.75, 3.05) is 20.3 Å². The maximum atomic E-state index is 14.0. The van der Waals surface area contributed by atoms with E-state index in [1.54, 1.807) is 69.5 Å². The second kappa shape index (κ2) is 13.6. The summed E-state index contributed by atoms with van der Waals surface area (Å²) < 4.78 is 24.5. The zero-order chi connectivity index (χ0) is 32.1. The van der Waals surface area contributed by atoms with Crippen molar-refractivity contribution in [2.45, 2.75) is 33.4 Å². The number of fused-ring (bicyclic) bond motifs is 1. The van der Waals surface area contributed by atoms with E-state index in [1.165, 1.54) is 28.0 Å². The number of hydrogen-bond acceptors (Lipinski definition) is 10. The molecule has 12 heteroatoms. The first-order chi connectivity index (χ1) is 21.7.